The lowest BCUT2D eigenvalue weighted by Gasteiger charge is -2.12. The second kappa shape index (κ2) is 10.3. The van der Waals surface area contributed by atoms with E-state index in [2.05, 4.69) is 38.2 Å². The third-order valence-electron chi connectivity index (χ3n) is 4.70. The molecule has 2 aromatic heterocycles. The number of amides is 1. The highest BCUT2D eigenvalue weighted by molar-refractivity contribution is 5.88. The summed E-state index contributed by atoms with van der Waals surface area (Å²) in [6.45, 7) is 7.49. The lowest BCUT2D eigenvalue weighted by atomic mass is 10.2. The number of aromatic carboxylic acids is 1. The maximum absolute atomic E-state index is 12.7. The fourth-order valence-corrected chi connectivity index (χ4v) is 2.86. The largest absolute Gasteiger partial charge is 0.477 e. The molecule has 12 heteroatoms. The minimum atomic E-state index is -4.60. The molecule has 3 N–H and O–H groups in total. The van der Waals surface area contributed by atoms with Crippen LogP contribution in [-0.2, 0) is 11.0 Å². The third kappa shape index (κ3) is 6.57. The molecular formula is C23H20F3N5O4. The van der Waals surface area contributed by atoms with Gasteiger partial charge in [0, 0.05) is 12.6 Å². The van der Waals surface area contributed by atoms with Gasteiger partial charge in [0.15, 0.2) is 11.5 Å². The minimum absolute atomic E-state index is 0.0793. The summed E-state index contributed by atoms with van der Waals surface area (Å²) in [5.74, 6) is -1.33. The number of carboxylic acids is 1. The van der Waals surface area contributed by atoms with E-state index in [0.29, 0.717) is 30.3 Å². The standard InChI is InChI=1S/C23H20F3N5O4/c1-12(2)17(35-19-7-5-14(11-28-19)23(24,25)26)6-4-13(3)20-30-16(22(33)34)10-18(31-20)29-15-8-9-27-21(15)32/h4,6,10-11,15H,1,8-9H2,2-3H3,(H,27,32)(H,33,34)(H,29,30,31). The Morgan fingerprint density at radius 2 is 2.06 bits per heavy atom. The predicted octanol–water partition coefficient (Wildman–Crippen LogP) is 3.43. The van der Waals surface area contributed by atoms with E-state index < -0.39 is 23.8 Å². The number of halogens is 3. The molecule has 3 heterocycles. The zero-order valence-corrected chi connectivity index (χ0v) is 18.7. The summed E-state index contributed by atoms with van der Waals surface area (Å²) in [6.07, 6.45) is -0.532. The second-order valence-electron chi connectivity index (χ2n) is 7.53. The van der Waals surface area contributed by atoms with Crippen molar-refractivity contribution >= 4 is 23.3 Å². The molecule has 0 aliphatic carbocycles. The Morgan fingerprint density at radius 1 is 1.31 bits per heavy atom. The van der Waals surface area contributed by atoms with Crippen molar-refractivity contribution in [3.8, 4) is 5.88 Å². The molecule has 0 spiro atoms. The fraction of sp³-hybridized carbons (Fsp3) is 0.261. The van der Waals surface area contributed by atoms with Gasteiger partial charge < -0.3 is 20.5 Å². The molecule has 0 radical (unpaired) electrons. The highest BCUT2D eigenvalue weighted by atomic mass is 19.4. The van der Waals surface area contributed by atoms with E-state index in [-0.39, 0.29) is 34.9 Å². The summed E-state index contributed by atoms with van der Waals surface area (Å²) in [5.41, 5.74) is -0.497. The minimum Gasteiger partial charge on any atom is -0.477 e. The molecule has 1 unspecified atom stereocenters. The van der Waals surface area contributed by atoms with Crippen LogP contribution in [0.2, 0.25) is 0 Å². The number of carbonyl (C=O) groups excluding carboxylic acids is 1. The molecule has 1 amide bonds. The smallest absolute Gasteiger partial charge is 0.425 e. The number of hydrogen-bond donors (Lipinski definition) is 3. The number of allylic oxidation sites excluding steroid dienone is 4. The van der Waals surface area contributed by atoms with Gasteiger partial charge in [-0.1, -0.05) is 18.7 Å². The van der Waals surface area contributed by atoms with Gasteiger partial charge in [-0.15, -0.1) is 0 Å². The van der Waals surface area contributed by atoms with E-state index in [1.165, 1.54) is 18.2 Å². The zero-order valence-electron chi connectivity index (χ0n) is 18.7. The van der Waals surface area contributed by atoms with Gasteiger partial charge in [-0.05, 0) is 43.6 Å². The molecule has 0 saturated carbocycles. The van der Waals surface area contributed by atoms with Gasteiger partial charge in [-0.3, -0.25) is 4.79 Å². The lowest BCUT2D eigenvalue weighted by molar-refractivity contribution is -0.137. The topological polar surface area (TPSA) is 126 Å². The van der Waals surface area contributed by atoms with Crippen molar-refractivity contribution in [1.29, 1.82) is 0 Å². The van der Waals surface area contributed by atoms with Crippen molar-refractivity contribution in [2.24, 2.45) is 0 Å². The van der Waals surface area contributed by atoms with Gasteiger partial charge in [0.05, 0.1) is 6.20 Å². The van der Waals surface area contributed by atoms with Crippen LogP contribution in [0.1, 0.15) is 42.1 Å². The summed E-state index contributed by atoms with van der Waals surface area (Å²) >= 11 is 0. The number of nitrogens with one attached hydrogen (secondary N) is 2. The molecule has 3 rings (SSSR count). The normalized spacial score (nSPS) is 16.4. The summed E-state index contributed by atoms with van der Waals surface area (Å²) < 4.78 is 43.5. The van der Waals surface area contributed by atoms with E-state index >= 15 is 0 Å². The molecule has 35 heavy (non-hydrogen) atoms. The van der Waals surface area contributed by atoms with E-state index in [1.807, 2.05) is 6.07 Å². The summed E-state index contributed by atoms with van der Waals surface area (Å²) in [7, 11) is 0. The van der Waals surface area contributed by atoms with E-state index in [4.69, 9.17) is 4.74 Å². The maximum Gasteiger partial charge on any atom is 0.425 e. The third-order valence-corrected chi connectivity index (χ3v) is 4.70. The number of alkyl halides is 3. The Hall–Kier alpha value is -4.40. The van der Waals surface area contributed by atoms with E-state index in [9.17, 15) is 27.9 Å². The van der Waals surface area contributed by atoms with Gasteiger partial charge in [-0.2, -0.15) is 13.2 Å². The van der Waals surface area contributed by atoms with Crippen LogP contribution in [0, 0.1) is 12.1 Å². The number of anilines is 1. The second-order valence-corrected chi connectivity index (χ2v) is 7.53. The number of aromatic nitrogens is 3. The van der Waals surface area contributed by atoms with Crippen LogP contribution >= 0.6 is 0 Å². The predicted molar refractivity (Wildman–Crippen MR) is 118 cm³/mol. The van der Waals surface area contributed by atoms with Crippen LogP contribution in [0.15, 0.2) is 42.3 Å². The Kier molecular flexibility index (Phi) is 7.39. The quantitative estimate of drug-likeness (QED) is 0.382. The molecular weight excluding hydrogens is 467 g/mol. The fourth-order valence-electron chi connectivity index (χ4n) is 2.86. The summed E-state index contributed by atoms with van der Waals surface area (Å²) in [4.78, 5) is 35.3. The highest BCUT2D eigenvalue weighted by Gasteiger charge is 2.31. The van der Waals surface area contributed by atoms with Gasteiger partial charge in [0.25, 0.3) is 5.88 Å². The Morgan fingerprint density at radius 3 is 2.60 bits per heavy atom. The van der Waals surface area contributed by atoms with Crippen LogP contribution in [0.4, 0.5) is 19.0 Å². The Labute approximate surface area is 198 Å². The van der Waals surface area contributed by atoms with Crippen molar-refractivity contribution in [2.45, 2.75) is 32.5 Å². The van der Waals surface area contributed by atoms with Gasteiger partial charge >= 0.3 is 12.1 Å². The monoisotopic (exact) mass is 487 g/mol. The van der Waals surface area contributed by atoms with Crippen molar-refractivity contribution in [3.63, 3.8) is 0 Å². The number of carboxylic acid groups (broad SMARTS) is 1. The highest BCUT2D eigenvalue weighted by Crippen LogP contribution is 2.27. The number of rotatable bonds is 8. The number of carbonyl (C=O) groups is 2. The molecule has 1 saturated heterocycles. The molecule has 0 bridgehead atoms. The van der Waals surface area contributed by atoms with Gasteiger partial charge in [0.2, 0.25) is 5.91 Å². The van der Waals surface area contributed by atoms with E-state index in [1.54, 1.807) is 13.8 Å². The molecule has 1 atom stereocenters. The molecule has 1 aliphatic rings. The number of nitrogens with zero attached hydrogens (tertiary/aromatic N) is 3. The van der Waals surface area contributed by atoms with Gasteiger partial charge in [0.1, 0.15) is 23.2 Å². The van der Waals surface area contributed by atoms with Crippen LogP contribution in [-0.4, -0.2) is 44.5 Å². The molecule has 1 aliphatic heterocycles. The number of hydrogen-bond acceptors (Lipinski definition) is 7. The molecule has 9 nitrogen and oxygen atoms in total. The lowest BCUT2D eigenvalue weighted by Crippen LogP contribution is -2.30. The van der Waals surface area contributed by atoms with Crippen molar-refractivity contribution < 1.29 is 32.6 Å². The van der Waals surface area contributed by atoms with Crippen molar-refractivity contribution in [3.05, 3.63) is 71.5 Å². The first kappa shape index (κ1) is 25.2. The SMILES string of the molecule is C=C(C)C(=CC=C(C)c1nc(NC2CCNC2=O)cc(C(=O)O)n1)Oc1c#cc(C(F)(F)F)cn1. The zero-order chi connectivity index (χ0) is 25.8. The van der Waals surface area contributed by atoms with E-state index in [0.717, 1.165) is 0 Å². The van der Waals surface area contributed by atoms with Crippen LogP contribution in [0.25, 0.3) is 5.57 Å². The van der Waals surface area contributed by atoms with Crippen LogP contribution in [0.5, 0.6) is 5.88 Å². The number of ether oxygens (including phenoxy) is 1. The summed E-state index contributed by atoms with van der Waals surface area (Å²) in [5, 5.41) is 15.0. The Bertz CT molecular complexity index is 1210. The van der Waals surface area contributed by atoms with Crippen LogP contribution in [0.3, 0.4) is 0 Å². The van der Waals surface area contributed by atoms with Gasteiger partial charge in [-0.25, -0.2) is 19.7 Å². The van der Waals surface area contributed by atoms with Crippen LogP contribution < -0.4 is 15.4 Å². The van der Waals surface area contributed by atoms with Crippen molar-refractivity contribution in [1.82, 2.24) is 20.3 Å². The maximum atomic E-state index is 12.7. The van der Waals surface area contributed by atoms with Crippen molar-refractivity contribution in [2.75, 3.05) is 11.9 Å². The summed E-state index contributed by atoms with van der Waals surface area (Å²) in [6, 6.07) is 4.83. The first-order valence-corrected chi connectivity index (χ1v) is 10.2. The molecule has 182 valence electrons. The average Bonchev–Trinajstić information content (AvgIpc) is 3.19. The first-order valence-electron chi connectivity index (χ1n) is 10.2. The molecule has 0 aromatic carbocycles. The molecule has 1 fully saturated rings. The Balaban J connectivity index is 1.86. The average molecular weight is 487 g/mol. The molecule has 2 aromatic rings. The first-order chi connectivity index (χ1) is 16.4.